The summed E-state index contributed by atoms with van der Waals surface area (Å²) in [6.45, 7) is 4.49. The maximum absolute atomic E-state index is 5.85. The highest BCUT2D eigenvalue weighted by atomic mass is 16.5. The lowest BCUT2D eigenvalue weighted by Gasteiger charge is -2.30. The first-order valence-electron chi connectivity index (χ1n) is 4.63. The van der Waals surface area contributed by atoms with Crippen molar-refractivity contribution in [2.75, 3.05) is 0 Å². The lowest BCUT2D eigenvalue weighted by molar-refractivity contribution is -0.0489. The van der Waals surface area contributed by atoms with E-state index in [-0.39, 0.29) is 11.6 Å². The molecule has 0 amide bonds. The highest BCUT2D eigenvalue weighted by Crippen LogP contribution is 2.53. The summed E-state index contributed by atoms with van der Waals surface area (Å²) in [5, 5.41) is 0. The molecule has 1 saturated heterocycles. The fourth-order valence-electron chi connectivity index (χ4n) is 2.83. The van der Waals surface area contributed by atoms with Gasteiger partial charge in [0.25, 0.3) is 0 Å². The maximum atomic E-state index is 5.85. The van der Waals surface area contributed by atoms with Crippen LogP contribution in [0.15, 0.2) is 0 Å². The van der Waals surface area contributed by atoms with Crippen molar-refractivity contribution < 1.29 is 4.74 Å². The van der Waals surface area contributed by atoms with E-state index in [1.807, 2.05) is 0 Å². The number of fused-ring (bicyclic) bond motifs is 2. The molecular formula is C9H15BO. The van der Waals surface area contributed by atoms with Crippen molar-refractivity contribution in [1.29, 1.82) is 0 Å². The van der Waals surface area contributed by atoms with Crippen LogP contribution in [0.25, 0.3) is 0 Å². The molecule has 0 N–H and O–H groups in total. The van der Waals surface area contributed by atoms with E-state index in [1.54, 1.807) is 0 Å². The summed E-state index contributed by atoms with van der Waals surface area (Å²) in [5.41, 5.74) is 0.157. The van der Waals surface area contributed by atoms with Crippen LogP contribution < -0.4 is 0 Å². The molecule has 2 radical (unpaired) electrons. The third-order valence-corrected chi connectivity index (χ3v) is 3.76. The number of rotatable bonds is 1. The molecule has 1 nitrogen and oxygen atoms in total. The SMILES string of the molecule is [B][C@@H]1OC2(CC)CC[C@@H]1[C@@H]2C. The molecular weight excluding hydrogens is 135 g/mol. The third-order valence-electron chi connectivity index (χ3n) is 3.76. The summed E-state index contributed by atoms with van der Waals surface area (Å²) in [6.07, 6.45) is 3.62. The minimum absolute atomic E-state index is 0.0266. The lowest BCUT2D eigenvalue weighted by Crippen LogP contribution is -2.32. The molecule has 1 unspecified atom stereocenters. The Kier molecular flexibility index (Phi) is 1.57. The second kappa shape index (κ2) is 2.26. The van der Waals surface area contributed by atoms with Crippen LogP contribution in [0.1, 0.15) is 33.1 Å². The molecule has 60 valence electrons. The molecule has 0 aromatic rings. The van der Waals surface area contributed by atoms with Gasteiger partial charge in [0.05, 0.1) is 5.60 Å². The van der Waals surface area contributed by atoms with Gasteiger partial charge in [-0.2, -0.15) is 0 Å². The molecule has 2 rings (SSSR count). The molecule has 11 heavy (non-hydrogen) atoms. The molecule has 2 bridgehead atoms. The molecule has 0 aromatic heterocycles. The minimum Gasteiger partial charge on any atom is -0.381 e. The molecule has 2 fully saturated rings. The van der Waals surface area contributed by atoms with Gasteiger partial charge in [0.2, 0.25) is 0 Å². The maximum Gasteiger partial charge on any atom is 0.109 e. The second-order valence-corrected chi connectivity index (χ2v) is 3.99. The summed E-state index contributed by atoms with van der Waals surface area (Å²) in [4.78, 5) is 0. The van der Waals surface area contributed by atoms with Gasteiger partial charge in [-0.05, 0) is 31.1 Å². The first-order chi connectivity index (χ1) is 5.19. The Hall–Kier alpha value is 0.0249. The first kappa shape index (κ1) is 7.66. The van der Waals surface area contributed by atoms with E-state index >= 15 is 0 Å². The smallest absolute Gasteiger partial charge is 0.109 e. The van der Waals surface area contributed by atoms with Gasteiger partial charge in [-0.15, -0.1) is 0 Å². The Morgan fingerprint density at radius 2 is 2.36 bits per heavy atom. The summed E-state index contributed by atoms with van der Waals surface area (Å²) >= 11 is 0. The van der Waals surface area contributed by atoms with Crippen molar-refractivity contribution >= 4 is 7.85 Å². The quantitative estimate of drug-likeness (QED) is 0.517. The van der Waals surface area contributed by atoms with Crippen molar-refractivity contribution in [3.63, 3.8) is 0 Å². The van der Waals surface area contributed by atoms with Crippen LogP contribution in [0.3, 0.4) is 0 Å². The minimum atomic E-state index is 0.0266. The number of hydrogen-bond donors (Lipinski definition) is 0. The van der Waals surface area contributed by atoms with E-state index in [1.165, 1.54) is 12.8 Å². The first-order valence-corrected chi connectivity index (χ1v) is 4.63. The van der Waals surface area contributed by atoms with Crippen molar-refractivity contribution in [1.82, 2.24) is 0 Å². The summed E-state index contributed by atoms with van der Waals surface area (Å²) in [5.74, 6) is 1.32. The largest absolute Gasteiger partial charge is 0.381 e. The predicted molar refractivity (Wildman–Crippen MR) is 45.5 cm³/mol. The van der Waals surface area contributed by atoms with Gasteiger partial charge in [0.1, 0.15) is 7.85 Å². The summed E-state index contributed by atoms with van der Waals surface area (Å²) in [7, 11) is 5.85. The lowest BCUT2D eigenvalue weighted by atomic mass is 9.81. The van der Waals surface area contributed by atoms with Crippen LogP contribution in [0.2, 0.25) is 0 Å². The molecule has 1 aliphatic carbocycles. The summed E-state index contributed by atoms with van der Waals surface area (Å²) in [6, 6.07) is 0.0266. The topological polar surface area (TPSA) is 9.23 Å². The number of hydrogen-bond acceptors (Lipinski definition) is 1. The van der Waals surface area contributed by atoms with Crippen LogP contribution in [0, 0.1) is 11.8 Å². The Labute approximate surface area is 69.9 Å². The molecule has 2 aliphatic rings. The Morgan fingerprint density at radius 1 is 1.64 bits per heavy atom. The standard InChI is InChI=1S/C9H15BO/c1-3-9-5-4-7(6(9)2)8(10)11-9/h6-8H,3-5H2,1-2H3/t6-,7+,8+,9?/m0/s1. The van der Waals surface area contributed by atoms with Crippen molar-refractivity contribution in [2.45, 2.75) is 44.7 Å². The zero-order chi connectivity index (χ0) is 8.06. The highest BCUT2D eigenvalue weighted by molar-refractivity contribution is 6.11. The van der Waals surface area contributed by atoms with Gasteiger partial charge in [0.15, 0.2) is 0 Å². The summed E-state index contributed by atoms with van der Waals surface area (Å²) < 4.78 is 5.79. The monoisotopic (exact) mass is 150 g/mol. The molecule has 1 saturated carbocycles. The molecule has 1 heterocycles. The Bertz CT molecular complexity index is 171. The van der Waals surface area contributed by atoms with Crippen LogP contribution >= 0.6 is 0 Å². The third kappa shape index (κ3) is 0.822. The zero-order valence-corrected chi connectivity index (χ0v) is 7.34. The van der Waals surface area contributed by atoms with Crippen LogP contribution in [0.4, 0.5) is 0 Å². The van der Waals surface area contributed by atoms with Gasteiger partial charge in [0, 0.05) is 6.00 Å². The van der Waals surface area contributed by atoms with E-state index in [0.717, 1.165) is 6.42 Å². The fourth-order valence-corrected chi connectivity index (χ4v) is 2.83. The molecule has 0 aromatic carbocycles. The van der Waals surface area contributed by atoms with Crippen LogP contribution in [-0.2, 0) is 4.74 Å². The highest BCUT2D eigenvalue weighted by Gasteiger charge is 2.54. The van der Waals surface area contributed by atoms with E-state index in [0.29, 0.717) is 11.8 Å². The Morgan fingerprint density at radius 3 is 2.64 bits per heavy atom. The molecule has 2 heteroatoms. The normalized spacial score (nSPS) is 55.3. The van der Waals surface area contributed by atoms with Crippen molar-refractivity contribution in [3.05, 3.63) is 0 Å². The van der Waals surface area contributed by atoms with Crippen LogP contribution in [-0.4, -0.2) is 19.5 Å². The van der Waals surface area contributed by atoms with Gasteiger partial charge in [-0.3, -0.25) is 0 Å². The predicted octanol–water partition coefficient (Wildman–Crippen LogP) is 1.71. The van der Waals surface area contributed by atoms with Gasteiger partial charge >= 0.3 is 0 Å². The molecule has 4 atom stereocenters. The van der Waals surface area contributed by atoms with Gasteiger partial charge in [-0.1, -0.05) is 13.8 Å². The number of ether oxygens (including phenoxy) is 1. The van der Waals surface area contributed by atoms with Gasteiger partial charge in [-0.25, -0.2) is 0 Å². The van der Waals surface area contributed by atoms with E-state index < -0.39 is 0 Å². The average Bonchev–Trinajstić information content (AvgIpc) is 2.42. The average molecular weight is 150 g/mol. The van der Waals surface area contributed by atoms with Crippen LogP contribution in [0.5, 0.6) is 0 Å². The van der Waals surface area contributed by atoms with Crippen molar-refractivity contribution in [2.24, 2.45) is 11.8 Å². The second-order valence-electron chi connectivity index (χ2n) is 3.99. The van der Waals surface area contributed by atoms with E-state index in [9.17, 15) is 0 Å². The van der Waals surface area contributed by atoms with Gasteiger partial charge < -0.3 is 4.74 Å². The zero-order valence-electron chi connectivity index (χ0n) is 7.34. The fraction of sp³-hybridized carbons (Fsp3) is 1.00. The van der Waals surface area contributed by atoms with E-state index in [4.69, 9.17) is 12.6 Å². The molecule has 1 aliphatic heterocycles. The van der Waals surface area contributed by atoms with Crippen molar-refractivity contribution in [3.8, 4) is 0 Å². The molecule has 0 spiro atoms. The Balaban J connectivity index is 2.24. The van der Waals surface area contributed by atoms with E-state index in [2.05, 4.69) is 13.8 Å².